The molecule has 0 bridgehead atoms. The van der Waals surface area contributed by atoms with Crippen molar-refractivity contribution in [2.45, 2.75) is 19.8 Å². The van der Waals surface area contributed by atoms with E-state index >= 15 is 0 Å². The molecule has 0 amide bonds. The molecule has 2 aromatic carbocycles. The first kappa shape index (κ1) is 16.0. The van der Waals surface area contributed by atoms with Crippen molar-refractivity contribution in [2.75, 3.05) is 0 Å². The summed E-state index contributed by atoms with van der Waals surface area (Å²) in [6.45, 7) is 2.15. The molecule has 0 saturated carbocycles. The van der Waals surface area contributed by atoms with Crippen LogP contribution in [0.3, 0.4) is 0 Å². The van der Waals surface area contributed by atoms with Gasteiger partial charge in [0.25, 0.3) is 0 Å². The van der Waals surface area contributed by atoms with Crippen molar-refractivity contribution in [1.29, 1.82) is 0 Å². The molecule has 105 valence electrons. The predicted octanol–water partition coefficient (Wildman–Crippen LogP) is 6.52. The molecule has 4 heteroatoms. The molecular weight excluding hydrogens is 334 g/mol. The molecule has 0 aliphatic rings. The van der Waals surface area contributed by atoms with E-state index < -0.39 is 0 Å². The third-order valence-corrected chi connectivity index (χ3v) is 4.53. The average molecular weight is 347 g/mol. The number of hydrogen-bond donors (Lipinski definition) is 0. The van der Waals surface area contributed by atoms with Crippen molar-refractivity contribution < 1.29 is 0 Å². The molecule has 2 rings (SSSR count). The smallest absolute Gasteiger partial charge is 0.0630 e. The molecule has 0 nitrogen and oxygen atoms in total. The van der Waals surface area contributed by atoms with Gasteiger partial charge in [0.05, 0.1) is 10.0 Å². The van der Waals surface area contributed by atoms with Crippen LogP contribution in [-0.2, 0) is 12.8 Å². The van der Waals surface area contributed by atoms with Gasteiger partial charge in [0, 0.05) is 10.0 Å². The lowest BCUT2D eigenvalue weighted by atomic mass is 9.94. The maximum Gasteiger partial charge on any atom is 0.0630 e. The summed E-state index contributed by atoms with van der Waals surface area (Å²) in [5.41, 5.74) is 2.03. The highest BCUT2D eigenvalue weighted by molar-refractivity contribution is 6.42. The van der Waals surface area contributed by atoms with E-state index in [-0.39, 0.29) is 0 Å². The molecular formula is C16H13Cl4. The summed E-state index contributed by atoms with van der Waals surface area (Å²) < 4.78 is 0. The van der Waals surface area contributed by atoms with E-state index in [0.717, 1.165) is 24.0 Å². The molecule has 0 aliphatic heterocycles. The Balaban J connectivity index is 2.09. The van der Waals surface area contributed by atoms with Crippen molar-refractivity contribution >= 4 is 46.4 Å². The second kappa shape index (κ2) is 7.04. The highest BCUT2D eigenvalue weighted by Crippen LogP contribution is 2.29. The van der Waals surface area contributed by atoms with Gasteiger partial charge in [-0.3, -0.25) is 0 Å². The Bertz CT molecular complexity index is 607. The highest BCUT2D eigenvalue weighted by atomic mass is 35.5. The topological polar surface area (TPSA) is 0 Å². The minimum atomic E-state index is 0.376. The minimum Gasteiger partial charge on any atom is -0.0843 e. The van der Waals surface area contributed by atoms with Gasteiger partial charge < -0.3 is 0 Å². The molecule has 0 N–H and O–H groups in total. The third-order valence-electron chi connectivity index (χ3n) is 3.10. The fourth-order valence-electron chi connectivity index (χ4n) is 2.13. The molecule has 0 aliphatic carbocycles. The highest BCUT2D eigenvalue weighted by Gasteiger charge is 2.12. The first-order valence-electron chi connectivity index (χ1n) is 6.26. The molecule has 1 atom stereocenters. The first-order chi connectivity index (χ1) is 9.47. The maximum absolute atomic E-state index is 6.19. The zero-order valence-corrected chi connectivity index (χ0v) is 13.9. The minimum absolute atomic E-state index is 0.376. The molecule has 1 radical (unpaired) electrons. The van der Waals surface area contributed by atoms with Gasteiger partial charge in [-0.05, 0) is 54.2 Å². The summed E-state index contributed by atoms with van der Waals surface area (Å²) in [5.74, 6) is 0.376. The van der Waals surface area contributed by atoms with E-state index in [2.05, 4.69) is 13.0 Å². The van der Waals surface area contributed by atoms with Crippen molar-refractivity contribution in [3.8, 4) is 0 Å². The van der Waals surface area contributed by atoms with Crippen LogP contribution in [0.5, 0.6) is 0 Å². The van der Waals surface area contributed by atoms with Crippen LogP contribution in [0.15, 0.2) is 30.3 Å². The van der Waals surface area contributed by atoms with Crippen molar-refractivity contribution in [3.63, 3.8) is 0 Å². The zero-order chi connectivity index (χ0) is 14.7. The van der Waals surface area contributed by atoms with Crippen LogP contribution in [0, 0.1) is 12.0 Å². The van der Waals surface area contributed by atoms with Crippen molar-refractivity contribution in [3.05, 3.63) is 67.6 Å². The van der Waals surface area contributed by atoms with Crippen LogP contribution < -0.4 is 0 Å². The fraction of sp³-hybridized carbons (Fsp3) is 0.250. The van der Waals surface area contributed by atoms with Gasteiger partial charge in [0.15, 0.2) is 0 Å². The monoisotopic (exact) mass is 345 g/mol. The third kappa shape index (κ3) is 4.05. The van der Waals surface area contributed by atoms with E-state index in [1.165, 1.54) is 0 Å². The fourth-order valence-corrected chi connectivity index (χ4v) is 2.99. The van der Waals surface area contributed by atoms with Crippen molar-refractivity contribution in [1.82, 2.24) is 0 Å². The Labute approximate surface area is 139 Å². The van der Waals surface area contributed by atoms with Crippen LogP contribution in [0.2, 0.25) is 20.1 Å². The summed E-state index contributed by atoms with van der Waals surface area (Å²) in [6.07, 6.45) is 1.66. The lowest BCUT2D eigenvalue weighted by Crippen LogP contribution is -2.05. The van der Waals surface area contributed by atoms with Gasteiger partial charge in [-0.25, -0.2) is 0 Å². The molecule has 1 unspecified atom stereocenters. The SMILES string of the molecule is CC(Cc1[c]ccc(Cl)c1Cl)Cc1ccc(Cl)cc1Cl. The maximum atomic E-state index is 6.19. The number of benzene rings is 2. The van der Waals surface area contributed by atoms with Gasteiger partial charge >= 0.3 is 0 Å². The molecule has 0 heterocycles. The van der Waals surface area contributed by atoms with Gasteiger partial charge in [0.1, 0.15) is 0 Å². The Hall–Kier alpha value is -0.400. The number of halogens is 4. The summed E-state index contributed by atoms with van der Waals surface area (Å²) in [5, 5.41) is 2.50. The summed E-state index contributed by atoms with van der Waals surface area (Å²) in [4.78, 5) is 0. The van der Waals surface area contributed by atoms with E-state index in [9.17, 15) is 0 Å². The molecule has 0 fully saturated rings. The van der Waals surface area contributed by atoms with Crippen LogP contribution in [-0.4, -0.2) is 0 Å². The summed E-state index contributed by atoms with van der Waals surface area (Å²) >= 11 is 24.3. The predicted molar refractivity (Wildman–Crippen MR) is 88.3 cm³/mol. The van der Waals surface area contributed by atoms with Crippen LogP contribution >= 0.6 is 46.4 Å². The van der Waals surface area contributed by atoms with Gasteiger partial charge in [0.2, 0.25) is 0 Å². The van der Waals surface area contributed by atoms with Gasteiger partial charge in [-0.1, -0.05) is 65.5 Å². The van der Waals surface area contributed by atoms with E-state index in [1.54, 1.807) is 18.2 Å². The number of hydrogen-bond acceptors (Lipinski definition) is 0. The second-order valence-corrected chi connectivity index (χ2v) is 6.50. The van der Waals surface area contributed by atoms with Crippen LogP contribution in [0.1, 0.15) is 18.1 Å². The Morgan fingerprint density at radius 2 is 1.75 bits per heavy atom. The molecule has 2 aromatic rings. The molecule has 0 spiro atoms. The second-order valence-electron chi connectivity index (χ2n) is 4.87. The van der Waals surface area contributed by atoms with Crippen molar-refractivity contribution in [2.24, 2.45) is 5.92 Å². The molecule has 0 saturated heterocycles. The molecule has 20 heavy (non-hydrogen) atoms. The van der Waals surface area contributed by atoms with Gasteiger partial charge in [-0.15, -0.1) is 0 Å². The zero-order valence-electron chi connectivity index (χ0n) is 10.9. The lowest BCUT2D eigenvalue weighted by molar-refractivity contribution is 0.577. The van der Waals surface area contributed by atoms with Gasteiger partial charge in [-0.2, -0.15) is 0 Å². The average Bonchev–Trinajstić information content (AvgIpc) is 2.38. The Morgan fingerprint density at radius 1 is 1.00 bits per heavy atom. The standard InChI is InChI=1S/C16H13Cl4/c1-10(7-11-5-6-13(17)9-15(11)19)8-12-3-2-4-14(18)16(12)20/h2,4-6,9-10H,7-8H2,1H3. The molecule has 0 aromatic heterocycles. The first-order valence-corrected chi connectivity index (χ1v) is 7.77. The van der Waals surface area contributed by atoms with Crippen LogP contribution in [0.25, 0.3) is 0 Å². The quantitative estimate of drug-likeness (QED) is 0.591. The van der Waals surface area contributed by atoms with E-state index in [1.807, 2.05) is 12.1 Å². The summed E-state index contributed by atoms with van der Waals surface area (Å²) in [7, 11) is 0. The normalized spacial score (nSPS) is 12.4. The number of rotatable bonds is 4. The largest absolute Gasteiger partial charge is 0.0843 e. The van der Waals surface area contributed by atoms with Crippen LogP contribution in [0.4, 0.5) is 0 Å². The summed E-state index contributed by atoms with van der Waals surface area (Å²) in [6, 6.07) is 12.3. The Kier molecular flexibility index (Phi) is 5.63. The Morgan fingerprint density at radius 3 is 2.45 bits per heavy atom. The van der Waals surface area contributed by atoms with E-state index in [0.29, 0.717) is 26.0 Å². The van der Waals surface area contributed by atoms with E-state index in [4.69, 9.17) is 46.4 Å². The lowest BCUT2D eigenvalue weighted by Gasteiger charge is -2.14.